The molecule has 3 rings (SSSR count). The molecule has 0 radical (unpaired) electrons. The summed E-state index contributed by atoms with van der Waals surface area (Å²) in [7, 11) is 0. The molecule has 9 heteroatoms. The summed E-state index contributed by atoms with van der Waals surface area (Å²) in [4.78, 5) is 19.4. The monoisotopic (exact) mass is 336 g/mol. The Kier molecular flexibility index (Phi) is 3.84. The standard InChI is InChI=1S/C15H11F3N4O2/c16-15(17,18)14-20-9-4-1-2-5-10(9)22(14)8-12(24)21-13-11(23)6-3-7-19-13/h1-7,23H,8H2,(H,19,21,24). The van der Waals surface area contributed by atoms with Crippen molar-refractivity contribution in [3.8, 4) is 5.75 Å². The van der Waals surface area contributed by atoms with Crippen LogP contribution in [-0.2, 0) is 17.5 Å². The van der Waals surface area contributed by atoms with E-state index in [0.29, 0.717) is 0 Å². The summed E-state index contributed by atoms with van der Waals surface area (Å²) in [6, 6.07) is 8.76. The number of amides is 1. The summed E-state index contributed by atoms with van der Waals surface area (Å²) in [6.45, 7) is -0.620. The number of carbonyl (C=O) groups excluding carboxylic acids is 1. The number of alkyl halides is 3. The van der Waals surface area contributed by atoms with Gasteiger partial charge in [-0.15, -0.1) is 0 Å². The maximum absolute atomic E-state index is 13.2. The minimum atomic E-state index is -4.70. The maximum atomic E-state index is 13.2. The first-order valence-electron chi connectivity index (χ1n) is 6.82. The number of pyridine rings is 1. The number of aromatic hydroxyl groups is 1. The minimum Gasteiger partial charge on any atom is -0.504 e. The van der Waals surface area contributed by atoms with E-state index in [0.717, 1.165) is 4.57 Å². The molecule has 24 heavy (non-hydrogen) atoms. The Balaban J connectivity index is 1.94. The van der Waals surface area contributed by atoms with Crippen molar-refractivity contribution in [1.82, 2.24) is 14.5 Å². The molecule has 1 amide bonds. The number of nitrogens with one attached hydrogen (secondary N) is 1. The molecule has 124 valence electrons. The van der Waals surface area contributed by atoms with Gasteiger partial charge in [-0.05, 0) is 24.3 Å². The number of hydrogen-bond donors (Lipinski definition) is 2. The minimum absolute atomic E-state index is 0.125. The van der Waals surface area contributed by atoms with E-state index in [1.165, 1.54) is 30.5 Å². The summed E-state index contributed by atoms with van der Waals surface area (Å²) in [5.41, 5.74) is 0.323. The highest BCUT2D eigenvalue weighted by atomic mass is 19.4. The Hall–Kier alpha value is -3.10. The molecule has 1 aromatic carbocycles. The van der Waals surface area contributed by atoms with Crippen molar-refractivity contribution in [3.63, 3.8) is 0 Å². The van der Waals surface area contributed by atoms with Crippen molar-refractivity contribution in [1.29, 1.82) is 0 Å². The number of aromatic nitrogens is 3. The quantitative estimate of drug-likeness (QED) is 0.771. The summed E-state index contributed by atoms with van der Waals surface area (Å²) >= 11 is 0. The maximum Gasteiger partial charge on any atom is 0.449 e. The highest BCUT2D eigenvalue weighted by Crippen LogP contribution is 2.31. The van der Waals surface area contributed by atoms with Crippen molar-refractivity contribution >= 4 is 22.8 Å². The molecule has 2 N–H and O–H groups in total. The number of hydrogen-bond acceptors (Lipinski definition) is 4. The Morgan fingerprint density at radius 3 is 2.67 bits per heavy atom. The van der Waals surface area contributed by atoms with E-state index in [2.05, 4.69) is 15.3 Å². The molecule has 2 heterocycles. The van der Waals surface area contributed by atoms with Crippen LogP contribution in [0.2, 0.25) is 0 Å². The molecule has 0 saturated heterocycles. The molecule has 2 aromatic heterocycles. The zero-order valence-corrected chi connectivity index (χ0v) is 12.1. The van der Waals surface area contributed by atoms with E-state index in [-0.39, 0.29) is 22.6 Å². The first kappa shape index (κ1) is 15.8. The zero-order chi connectivity index (χ0) is 17.3. The number of fused-ring (bicyclic) bond motifs is 1. The molecule has 6 nitrogen and oxygen atoms in total. The summed E-state index contributed by atoms with van der Waals surface area (Å²) < 4.78 is 40.3. The van der Waals surface area contributed by atoms with Gasteiger partial charge in [-0.2, -0.15) is 13.2 Å². The van der Waals surface area contributed by atoms with Gasteiger partial charge >= 0.3 is 6.18 Å². The number of nitrogens with zero attached hydrogens (tertiary/aromatic N) is 3. The van der Waals surface area contributed by atoms with Crippen LogP contribution in [0.4, 0.5) is 19.0 Å². The highest BCUT2D eigenvalue weighted by molar-refractivity contribution is 5.92. The molecule has 0 aliphatic rings. The number of anilines is 1. The number of halogens is 3. The van der Waals surface area contributed by atoms with Gasteiger partial charge in [-0.1, -0.05) is 12.1 Å². The van der Waals surface area contributed by atoms with Crippen LogP contribution < -0.4 is 5.32 Å². The molecule has 3 aromatic rings. The normalized spacial score (nSPS) is 11.6. The van der Waals surface area contributed by atoms with Gasteiger partial charge < -0.3 is 15.0 Å². The van der Waals surface area contributed by atoms with E-state index in [4.69, 9.17) is 0 Å². The SMILES string of the molecule is O=C(Cn1c(C(F)(F)F)nc2ccccc21)Nc1ncccc1O. The van der Waals surface area contributed by atoms with E-state index < -0.39 is 24.5 Å². The molecular formula is C15H11F3N4O2. The van der Waals surface area contributed by atoms with E-state index in [9.17, 15) is 23.1 Å². The van der Waals surface area contributed by atoms with Crippen molar-refractivity contribution < 1.29 is 23.1 Å². The smallest absolute Gasteiger partial charge is 0.449 e. The molecule has 0 spiro atoms. The third kappa shape index (κ3) is 3.00. The Labute approximate surface area is 133 Å². The second-order valence-electron chi connectivity index (χ2n) is 4.93. The third-order valence-electron chi connectivity index (χ3n) is 3.25. The summed E-state index contributed by atoms with van der Waals surface area (Å²) in [6.07, 6.45) is -3.37. The fourth-order valence-electron chi connectivity index (χ4n) is 2.26. The first-order chi connectivity index (χ1) is 11.4. The van der Waals surface area contributed by atoms with Gasteiger partial charge in [0.2, 0.25) is 11.7 Å². The topological polar surface area (TPSA) is 80.0 Å². The van der Waals surface area contributed by atoms with Crippen LogP contribution in [0.1, 0.15) is 5.82 Å². The lowest BCUT2D eigenvalue weighted by atomic mass is 10.3. The molecule has 0 aliphatic heterocycles. The Morgan fingerprint density at radius 2 is 1.96 bits per heavy atom. The van der Waals surface area contributed by atoms with Crippen molar-refractivity contribution in [2.75, 3.05) is 5.32 Å². The van der Waals surface area contributed by atoms with Gasteiger partial charge in [-0.3, -0.25) is 4.79 Å². The second-order valence-corrected chi connectivity index (χ2v) is 4.93. The van der Waals surface area contributed by atoms with Gasteiger partial charge in [-0.25, -0.2) is 9.97 Å². The number of rotatable bonds is 3. The van der Waals surface area contributed by atoms with Crippen LogP contribution >= 0.6 is 0 Å². The molecule has 0 unspecified atom stereocenters. The number of benzene rings is 1. The van der Waals surface area contributed by atoms with Gasteiger partial charge in [0.1, 0.15) is 6.54 Å². The van der Waals surface area contributed by atoms with Crippen molar-refractivity contribution in [2.24, 2.45) is 0 Å². The van der Waals surface area contributed by atoms with Crippen LogP contribution in [0.25, 0.3) is 11.0 Å². The predicted molar refractivity (Wildman–Crippen MR) is 79.3 cm³/mol. The van der Waals surface area contributed by atoms with E-state index >= 15 is 0 Å². The van der Waals surface area contributed by atoms with Gasteiger partial charge in [0.25, 0.3) is 0 Å². The average molecular weight is 336 g/mol. The lowest BCUT2D eigenvalue weighted by molar-refractivity contribution is -0.147. The second kappa shape index (κ2) is 5.84. The van der Waals surface area contributed by atoms with Gasteiger partial charge in [0.05, 0.1) is 11.0 Å². The molecule has 0 fully saturated rings. The predicted octanol–water partition coefficient (Wildman–Crippen LogP) is 2.79. The largest absolute Gasteiger partial charge is 0.504 e. The highest BCUT2D eigenvalue weighted by Gasteiger charge is 2.38. The third-order valence-corrected chi connectivity index (χ3v) is 3.25. The molecule has 0 aliphatic carbocycles. The number of imidazole rings is 1. The number of para-hydroxylation sites is 2. The molecular weight excluding hydrogens is 325 g/mol. The Morgan fingerprint density at radius 1 is 1.21 bits per heavy atom. The van der Waals surface area contributed by atoms with Crippen LogP contribution in [0.3, 0.4) is 0 Å². The molecule has 0 bridgehead atoms. The fraction of sp³-hybridized carbons (Fsp3) is 0.133. The fourth-order valence-corrected chi connectivity index (χ4v) is 2.26. The lowest BCUT2D eigenvalue weighted by Gasteiger charge is -2.11. The Bertz CT molecular complexity index is 905. The van der Waals surface area contributed by atoms with Crippen LogP contribution in [-0.4, -0.2) is 25.5 Å². The van der Waals surface area contributed by atoms with Crippen LogP contribution in [0.15, 0.2) is 42.6 Å². The number of carbonyl (C=O) groups is 1. The molecule has 0 atom stereocenters. The van der Waals surface area contributed by atoms with Crippen LogP contribution in [0.5, 0.6) is 5.75 Å². The van der Waals surface area contributed by atoms with E-state index in [1.54, 1.807) is 12.1 Å². The van der Waals surface area contributed by atoms with Crippen molar-refractivity contribution in [2.45, 2.75) is 12.7 Å². The van der Waals surface area contributed by atoms with Gasteiger partial charge in [0, 0.05) is 6.20 Å². The zero-order valence-electron chi connectivity index (χ0n) is 12.1. The van der Waals surface area contributed by atoms with E-state index in [1.807, 2.05) is 0 Å². The summed E-state index contributed by atoms with van der Waals surface area (Å²) in [5.74, 6) is -2.33. The average Bonchev–Trinajstić information content (AvgIpc) is 2.89. The summed E-state index contributed by atoms with van der Waals surface area (Å²) in [5, 5.41) is 11.8. The molecule has 0 saturated carbocycles. The van der Waals surface area contributed by atoms with Gasteiger partial charge in [0.15, 0.2) is 11.6 Å². The lowest BCUT2D eigenvalue weighted by Crippen LogP contribution is -2.23. The first-order valence-corrected chi connectivity index (χ1v) is 6.82. The van der Waals surface area contributed by atoms with Crippen LogP contribution in [0, 0.1) is 0 Å². The van der Waals surface area contributed by atoms with Crippen molar-refractivity contribution in [3.05, 3.63) is 48.4 Å².